The van der Waals surface area contributed by atoms with Crippen LogP contribution in [0.3, 0.4) is 0 Å². The van der Waals surface area contributed by atoms with E-state index in [4.69, 9.17) is 0 Å². The van der Waals surface area contributed by atoms with E-state index in [0.717, 1.165) is 31.7 Å². The van der Waals surface area contributed by atoms with Crippen LogP contribution < -0.4 is 10.2 Å². The zero-order valence-electron chi connectivity index (χ0n) is 11.1. The summed E-state index contributed by atoms with van der Waals surface area (Å²) < 4.78 is 0. The average molecular weight is 261 g/mol. The number of anilines is 1. The van der Waals surface area contributed by atoms with Crippen molar-refractivity contribution in [3.8, 4) is 0 Å². The number of nitro groups is 1. The third-order valence-electron chi connectivity index (χ3n) is 4.51. The zero-order valence-corrected chi connectivity index (χ0v) is 11.1. The van der Waals surface area contributed by atoms with Gasteiger partial charge >= 0.3 is 0 Å². The quantitative estimate of drug-likeness (QED) is 0.668. The van der Waals surface area contributed by atoms with E-state index in [9.17, 15) is 10.1 Å². The number of nitrogens with zero attached hydrogens (tertiary/aromatic N) is 2. The van der Waals surface area contributed by atoms with E-state index in [0.29, 0.717) is 17.9 Å². The molecular weight excluding hydrogens is 242 g/mol. The molecule has 0 aromatic heterocycles. The Labute approximate surface area is 112 Å². The van der Waals surface area contributed by atoms with Crippen LogP contribution in [0.2, 0.25) is 0 Å². The summed E-state index contributed by atoms with van der Waals surface area (Å²) in [6, 6.07) is 7.54. The van der Waals surface area contributed by atoms with Gasteiger partial charge < -0.3 is 10.2 Å². The van der Waals surface area contributed by atoms with Crippen LogP contribution in [-0.4, -0.2) is 30.6 Å². The maximum absolute atomic E-state index is 10.9. The molecule has 102 valence electrons. The van der Waals surface area contributed by atoms with Crippen LogP contribution in [0.25, 0.3) is 0 Å². The fraction of sp³-hybridized carbons (Fsp3) is 0.571. The summed E-state index contributed by atoms with van der Waals surface area (Å²) in [5, 5.41) is 14.3. The van der Waals surface area contributed by atoms with Crippen LogP contribution >= 0.6 is 0 Å². The monoisotopic (exact) mass is 261 g/mol. The van der Waals surface area contributed by atoms with Gasteiger partial charge in [-0.1, -0.05) is 13.0 Å². The SMILES string of the molecule is CCC1C2CNCC2CN1c1cccc([N+](=O)[O-])c1. The first-order chi connectivity index (χ1) is 9.20. The van der Waals surface area contributed by atoms with Crippen molar-refractivity contribution in [1.29, 1.82) is 0 Å². The van der Waals surface area contributed by atoms with Crippen molar-refractivity contribution < 1.29 is 4.92 Å². The van der Waals surface area contributed by atoms with Gasteiger partial charge in [0, 0.05) is 43.5 Å². The minimum atomic E-state index is -0.317. The molecule has 5 nitrogen and oxygen atoms in total. The molecule has 19 heavy (non-hydrogen) atoms. The smallest absolute Gasteiger partial charge is 0.271 e. The molecule has 2 saturated heterocycles. The molecule has 3 rings (SSSR count). The van der Waals surface area contributed by atoms with Crippen molar-refractivity contribution in [3.05, 3.63) is 34.4 Å². The van der Waals surface area contributed by atoms with E-state index in [1.807, 2.05) is 6.07 Å². The first-order valence-corrected chi connectivity index (χ1v) is 6.92. The van der Waals surface area contributed by atoms with Gasteiger partial charge in [-0.25, -0.2) is 0 Å². The molecule has 2 fully saturated rings. The van der Waals surface area contributed by atoms with E-state index in [2.05, 4.69) is 17.1 Å². The summed E-state index contributed by atoms with van der Waals surface area (Å²) in [6.45, 7) is 5.37. The van der Waals surface area contributed by atoms with Gasteiger partial charge in [0.1, 0.15) is 0 Å². The molecule has 2 aliphatic rings. The predicted molar refractivity (Wildman–Crippen MR) is 74.4 cm³/mol. The molecule has 5 heteroatoms. The summed E-state index contributed by atoms with van der Waals surface area (Å²) in [5.74, 6) is 1.37. The van der Waals surface area contributed by atoms with Crippen molar-refractivity contribution >= 4 is 11.4 Å². The van der Waals surface area contributed by atoms with Gasteiger partial charge in [0.05, 0.1) is 4.92 Å². The van der Waals surface area contributed by atoms with Gasteiger partial charge in [-0.2, -0.15) is 0 Å². The van der Waals surface area contributed by atoms with E-state index < -0.39 is 0 Å². The molecule has 0 bridgehead atoms. The van der Waals surface area contributed by atoms with Crippen molar-refractivity contribution in [2.75, 3.05) is 24.5 Å². The maximum atomic E-state index is 10.9. The summed E-state index contributed by atoms with van der Waals surface area (Å²) in [4.78, 5) is 12.9. The number of fused-ring (bicyclic) bond motifs is 1. The summed E-state index contributed by atoms with van der Waals surface area (Å²) in [7, 11) is 0. The second-order valence-electron chi connectivity index (χ2n) is 5.49. The van der Waals surface area contributed by atoms with E-state index in [1.54, 1.807) is 18.2 Å². The van der Waals surface area contributed by atoms with E-state index in [1.165, 1.54) is 0 Å². The highest BCUT2D eigenvalue weighted by atomic mass is 16.6. The largest absolute Gasteiger partial charge is 0.368 e. The molecule has 3 atom stereocenters. The lowest BCUT2D eigenvalue weighted by Crippen LogP contribution is -2.35. The maximum Gasteiger partial charge on any atom is 0.271 e. The van der Waals surface area contributed by atoms with Crippen LogP contribution in [0, 0.1) is 22.0 Å². The minimum Gasteiger partial charge on any atom is -0.368 e. The molecule has 0 amide bonds. The second kappa shape index (κ2) is 4.81. The highest BCUT2D eigenvalue weighted by Crippen LogP contribution is 2.38. The van der Waals surface area contributed by atoms with Gasteiger partial charge in [-0.3, -0.25) is 10.1 Å². The Morgan fingerprint density at radius 1 is 1.47 bits per heavy atom. The van der Waals surface area contributed by atoms with Gasteiger partial charge in [-0.05, 0) is 24.3 Å². The molecule has 0 radical (unpaired) electrons. The Balaban J connectivity index is 1.89. The van der Waals surface area contributed by atoms with Crippen LogP contribution in [0.1, 0.15) is 13.3 Å². The lowest BCUT2D eigenvalue weighted by Gasteiger charge is -2.28. The summed E-state index contributed by atoms with van der Waals surface area (Å²) in [6.07, 6.45) is 1.09. The number of non-ortho nitro benzene ring substituents is 1. The molecule has 0 saturated carbocycles. The van der Waals surface area contributed by atoms with Crippen molar-refractivity contribution in [2.24, 2.45) is 11.8 Å². The molecular formula is C14H19N3O2. The Morgan fingerprint density at radius 2 is 2.32 bits per heavy atom. The molecule has 1 N–H and O–H groups in total. The topological polar surface area (TPSA) is 58.4 Å². The number of hydrogen-bond acceptors (Lipinski definition) is 4. The fourth-order valence-electron chi connectivity index (χ4n) is 3.63. The molecule has 2 aliphatic heterocycles. The van der Waals surface area contributed by atoms with Crippen molar-refractivity contribution in [1.82, 2.24) is 5.32 Å². The molecule has 2 heterocycles. The summed E-state index contributed by atoms with van der Waals surface area (Å²) in [5.41, 5.74) is 1.18. The molecule has 1 aromatic rings. The van der Waals surface area contributed by atoms with Crippen LogP contribution in [0.5, 0.6) is 0 Å². The van der Waals surface area contributed by atoms with Gasteiger partial charge in [-0.15, -0.1) is 0 Å². The number of benzene rings is 1. The first-order valence-electron chi connectivity index (χ1n) is 6.92. The number of rotatable bonds is 3. The second-order valence-corrected chi connectivity index (χ2v) is 5.49. The highest BCUT2D eigenvalue weighted by molar-refractivity contribution is 5.55. The third kappa shape index (κ3) is 2.08. The lowest BCUT2D eigenvalue weighted by molar-refractivity contribution is -0.384. The normalized spacial score (nSPS) is 29.5. The van der Waals surface area contributed by atoms with E-state index in [-0.39, 0.29) is 10.6 Å². The predicted octanol–water partition coefficient (Wildman–Crippen LogP) is 2.03. The van der Waals surface area contributed by atoms with Crippen molar-refractivity contribution in [2.45, 2.75) is 19.4 Å². The Morgan fingerprint density at radius 3 is 3.05 bits per heavy atom. The Hall–Kier alpha value is -1.62. The van der Waals surface area contributed by atoms with Crippen LogP contribution in [-0.2, 0) is 0 Å². The lowest BCUT2D eigenvalue weighted by atomic mass is 9.93. The standard InChI is InChI=1S/C14H19N3O2/c1-2-14-13-8-15-7-10(13)9-16(14)11-4-3-5-12(6-11)17(18)19/h3-6,10,13-15H,2,7-9H2,1H3. The number of nitrogens with one attached hydrogen (secondary N) is 1. The molecule has 0 aliphatic carbocycles. The highest BCUT2D eigenvalue weighted by Gasteiger charge is 2.43. The molecule has 3 unspecified atom stereocenters. The van der Waals surface area contributed by atoms with Crippen LogP contribution in [0.4, 0.5) is 11.4 Å². The van der Waals surface area contributed by atoms with Gasteiger partial charge in [0.15, 0.2) is 0 Å². The van der Waals surface area contributed by atoms with Crippen molar-refractivity contribution in [3.63, 3.8) is 0 Å². The molecule has 0 spiro atoms. The fourth-order valence-corrected chi connectivity index (χ4v) is 3.63. The molecule has 1 aromatic carbocycles. The van der Waals surface area contributed by atoms with Gasteiger partial charge in [0.25, 0.3) is 5.69 Å². The minimum absolute atomic E-state index is 0.183. The number of hydrogen-bond donors (Lipinski definition) is 1. The Kier molecular flexibility index (Phi) is 3.14. The summed E-state index contributed by atoms with van der Waals surface area (Å²) >= 11 is 0. The zero-order chi connectivity index (χ0) is 13.4. The average Bonchev–Trinajstić information content (AvgIpc) is 2.98. The first kappa shape index (κ1) is 12.4. The Bertz CT molecular complexity index is 491. The van der Waals surface area contributed by atoms with E-state index >= 15 is 0 Å². The van der Waals surface area contributed by atoms with Gasteiger partial charge in [0.2, 0.25) is 0 Å². The van der Waals surface area contributed by atoms with Crippen LogP contribution in [0.15, 0.2) is 24.3 Å². The third-order valence-corrected chi connectivity index (χ3v) is 4.51. The number of nitro benzene ring substituents is 1.